The Balaban J connectivity index is 1.96. The highest BCUT2D eigenvalue weighted by molar-refractivity contribution is 7.09. The number of unbranched alkanes of at least 4 members (excludes halogenated alkanes) is 2. The quantitative estimate of drug-likeness (QED) is 0.612. The average molecular weight is 381 g/mol. The zero-order valence-corrected chi connectivity index (χ0v) is 15.5. The number of hydrogen-bond acceptors (Lipinski definition) is 5. The van der Waals surface area contributed by atoms with Gasteiger partial charge in [0.15, 0.2) is 5.69 Å². The summed E-state index contributed by atoms with van der Waals surface area (Å²) in [6.07, 6.45) is 3.04. The Hall–Kier alpha value is -2.12. The molecule has 0 spiro atoms. The van der Waals surface area contributed by atoms with Gasteiger partial charge in [0, 0.05) is 18.1 Å². The monoisotopic (exact) mass is 380 g/mol. The number of carbonyl (C=O) groups excluding carboxylic acids is 2. The predicted molar refractivity (Wildman–Crippen MR) is 101 cm³/mol. The van der Waals surface area contributed by atoms with Gasteiger partial charge in [-0.1, -0.05) is 49.6 Å². The van der Waals surface area contributed by atoms with Crippen molar-refractivity contribution in [2.45, 2.75) is 32.7 Å². The number of nitrogen functional groups attached to an aromatic ring is 1. The zero-order valence-electron chi connectivity index (χ0n) is 14.0. The fourth-order valence-corrected chi connectivity index (χ4v) is 3.10. The molecule has 1 heterocycles. The van der Waals surface area contributed by atoms with Gasteiger partial charge in [-0.2, -0.15) is 4.37 Å². The molecule has 6 nitrogen and oxygen atoms in total. The molecule has 25 heavy (non-hydrogen) atoms. The van der Waals surface area contributed by atoms with Gasteiger partial charge >= 0.3 is 0 Å². The van der Waals surface area contributed by atoms with Gasteiger partial charge < -0.3 is 16.4 Å². The van der Waals surface area contributed by atoms with E-state index in [1.54, 1.807) is 6.07 Å². The molecule has 134 valence electrons. The van der Waals surface area contributed by atoms with Crippen molar-refractivity contribution in [3.63, 3.8) is 0 Å². The Morgan fingerprint density at radius 3 is 2.68 bits per heavy atom. The van der Waals surface area contributed by atoms with Gasteiger partial charge in [-0.25, -0.2) is 0 Å². The smallest absolute Gasteiger partial charge is 0.273 e. The van der Waals surface area contributed by atoms with Crippen molar-refractivity contribution in [1.29, 1.82) is 0 Å². The second kappa shape index (κ2) is 9.39. The van der Waals surface area contributed by atoms with Crippen LogP contribution in [0.3, 0.4) is 0 Å². The Morgan fingerprint density at radius 2 is 1.96 bits per heavy atom. The molecule has 0 aliphatic heterocycles. The minimum atomic E-state index is -0.432. The first-order valence-electron chi connectivity index (χ1n) is 8.09. The number of halogens is 1. The lowest BCUT2D eigenvalue weighted by molar-refractivity contribution is 0.0947. The Labute approximate surface area is 155 Å². The van der Waals surface area contributed by atoms with E-state index in [1.165, 1.54) is 0 Å². The van der Waals surface area contributed by atoms with Gasteiger partial charge in [-0.05, 0) is 29.6 Å². The average Bonchev–Trinajstić information content (AvgIpc) is 2.99. The number of rotatable bonds is 8. The third-order valence-corrected chi connectivity index (χ3v) is 4.84. The lowest BCUT2D eigenvalue weighted by Crippen LogP contribution is -2.26. The molecule has 0 saturated heterocycles. The Bertz CT molecular complexity index is 748. The normalized spacial score (nSPS) is 10.5. The number of benzene rings is 1. The highest BCUT2D eigenvalue weighted by Crippen LogP contribution is 2.22. The molecule has 2 amide bonds. The highest BCUT2D eigenvalue weighted by atomic mass is 35.5. The van der Waals surface area contributed by atoms with E-state index < -0.39 is 5.91 Å². The maximum Gasteiger partial charge on any atom is 0.273 e. The van der Waals surface area contributed by atoms with Crippen LogP contribution in [0.15, 0.2) is 24.3 Å². The summed E-state index contributed by atoms with van der Waals surface area (Å²) in [5, 5.41) is 6.08. The fraction of sp³-hybridized carbons (Fsp3) is 0.353. The van der Waals surface area contributed by atoms with E-state index in [0.29, 0.717) is 11.6 Å². The molecule has 0 unspecified atom stereocenters. The van der Waals surface area contributed by atoms with E-state index in [0.717, 1.165) is 36.4 Å². The number of hydrogen-bond donors (Lipinski definition) is 3. The van der Waals surface area contributed by atoms with Gasteiger partial charge in [-0.15, -0.1) is 0 Å². The van der Waals surface area contributed by atoms with Crippen molar-refractivity contribution in [3.8, 4) is 0 Å². The number of nitrogens with two attached hydrogens (primary N) is 1. The van der Waals surface area contributed by atoms with Crippen LogP contribution in [-0.2, 0) is 6.54 Å². The largest absolute Gasteiger partial charge is 0.395 e. The van der Waals surface area contributed by atoms with Gasteiger partial charge in [0.05, 0.1) is 5.69 Å². The first-order valence-corrected chi connectivity index (χ1v) is 9.24. The molecule has 4 N–H and O–H groups in total. The van der Waals surface area contributed by atoms with Crippen molar-refractivity contribution >= 4 is 40.6 Å². The number of anilines is 1. The SMILES string of the molecule is CCCCCNC(=O)c1snc(C(=O)NCc2ccccc2Cl)c1N. The van der Waals surface area contributed by atoms with Crippen LogP contribution in [0.2, 0.25) is 5.02 Å². The van der Waals surface area contributed by atoms with E-state index in [9.17, 15) is 9.59 Å². The molecule has 0 atom stereocenters. The molecule has 0 radical (unpaired) electrons. The lowest BCUT2D eigenvalue weighted by Gasteiger charge is -2.06. The first kappa shape index (κ1) is 19.2. The molecule has 2 aromatic rings. The minimum Gasteiger partial charge on any atom is -0.395 e. The van der Waals surface area contributed by atoms with Crippen molar-refractivity contribution < 1.29 is 9.59 Å². The lowest BCUT2D eigenvalue weighted by atomic mass is 10.2. The van der Waals surface area contributed by atoms with Crippen LogP contribution >= 0.6 is 23.1 Å². The number of carbonyl (C=O) groups is 2. The van der Waals surface area contributed by atoms with Gasteiger partial charge in [0.2, 0.25) is 0 Å². The van der Waals surface area contributed by atoms with Crippen LogP contribution < -0.4 is 16.4 Å². The summed E-state index contributed by atoms with van der Waals surface area (Å²) >= 11 is 6.99. The van der Waals surface area contributed by atoms with Crippen LogP contribution in [0, 0.1) is 0 Å². The van der Waals surface area contributed by atoms with Crippen molar-refractivity contribution in [3.05, 3.63) is 45.4 Å². The van der Waals surface area contributed by atoms with Gasteiger partial charge in [0.1, 0.15) is 4.88 Å². The van der Waals surface area contributed by atoms with E-state index in [2.05, 4.69) is 21.9 Å². The maximum absolute atomic E-state index is 12.3. The van der Waals surface area contributed by atoms with Crippen LogP contribution in [0.25, 0.3) is 0 Å². The summed E-state index contributed by atoms with van der Waals surface area (Å²) in [6, 6.07) is 7.23. The molecule has 0 saturated carbocycles. The summed E-state index contributed by atoms with van der Waals surface area (Å²) in [7, 11) is 0. The zero-order chi connectivity index (χ0) is 18.2. The topological polar surface area (TPSA) is 97.1 Å². The predicted octanol–water partition coefficient (Wildman–Crippen LogP) is 3.23. The fourth-order valence-electron chi connectivity index (χ4n) is 2.18. The second-order valence-corrected chi connectivity index (χ2v) is 6.69. The number of nitrogens with zero attached hydrogens (tertiary/aromatic N) is 1. The summed E-state index contributed by atoms with van der Waals surface area (Å²) in [6.45, 7) is 2.93. The van der Waals surface area contributed by atoms with E-state index in [-0.39, 0.29) is 28.7 Å². The van der Waals surface area contributed by atoms with Crippen molar-refractivity contribution in [2.24, 2.45) is 0 Å². The molecule has 0 bridgehead atoms. The van der Waals surface area contributed by atoms with E-state index >= 15 is 0 Å². The van der Waals surface area contributed by atoms with E-state index in [4.69, 9.17) is 17.3 Å². The molecular formula is C17H21ClN4O2S. The van der Waals surface area contributed by atoms with Gasteiger partial charge in [0.25, 0.3) is 11.8 Å². The Morgan fingerprint density at radius 1 is 1.20 bits per heavy atom. The molecule has 0 aliphatic carbocycles. The standard InChI is InChI=1S/C17H21ClN4O2S/c1-2-3-6-9-20-17(24)15-13(19)14(22-25-15)16(23)21-10-11-7-4-5-8-12(11)18/h4-5,7-8H,2-3,6,9-10,19H2,1H3,(H,20,24)(H,21,23). The molecular weight excluding hydrogens is 360 g/mol. The number of amides is 2. The van der Waals surface area contributed by atoms with E-state index in [1.807, 2.05) is 18.2 Å². The molecule has 0 aliphatic rings. The third-order valence-electron chi connectivity index (χ3n) is 3.61. The van der Waals surface area contributed by atoms with Crippen molar-refractivity contribution in [2.75, 3.05) is 12.3 Å². The summed E-state index contributed by atoms with van der Waals surface area (Å²) in [5.41, 5.74) is 6.90. The molecule has 8 heteroatoms. The molecule has 0 fully saturated rings. The minimum absolute atomic E-state index is 0.0655. The number of nitrogens with one attached hydrogen (secondary N) is 2. The second-order valence-electron chi connectivity index (χ2n) is 5.51. The highest BCUT2D eigenvalue weighted by Gasteiger charge is 2.21. The summed E-state index contributed by atoms with van der Waals surface area (Å²) in [4.78, 5) is 24.6. The molecule has 2 rings (SSSR count). The third kappa shape index (κ3) is 5.17. The maximum atomic E-state index is 12.3. The molecule has 1 aromatic heterocycles. The van der Waals surface area contributed by atoms with Gasteiger partial charge in [-0.3, -0.25) is 9.59 Å². The van der Waals surface area contributed by atoms with Crippen LogP contribution in [-0.4, -0.2) is 22.7 Å². The molecule has 1 aromatic carbocycles. The van der Waals surface area contributed by atoms with Crippen LogP contribution in [0.5, 0.6) is 0 Å². The summed E-state index contributed by atoms with van der Waals surface area (Å²) in [5.74, 6) is -0.727. The van der Waals surface area contributed by atoms with Crippen LogP contribution in [0.1, 0.15) is 51.9 Å². The van der Waals surface area contributed by atoms with Crippen molar-refractivity contribution in [1.82, 2.24) is 15.0 Å². The van der Waals surface area contributed by atoms with Crippen LogP contribution in [0.4, 0.5) is 5.69 Å². The summed E-state index contributed by atoms with van der Waals surface area (Å²) < 4.78 is 4.03. The number of aromatic nitrogens is 1. The first-order chi connectivity index (χ1) is 12.0. The Kier molecular flexibility index (Phi) is 7.21.